The van der Waals surface area contributed by atoms with E-state index in [1.54, 1.807) is 18.2 Å². The molecule has 3 nitrogen and oxygen atoms in total. The van der Waals surface area contributed by atoms with E-state index in [-0.39, 0.29) is 23.6 Å². The highest BCUT2D eigenvalue weighted by Crippen LogP contribution is 2.40. The molecule has 1 N–H and O–H groups in total. The molecule has 2 aromatic rings. The van der Waals surface area contributed by atoms with Crippen LogP contribution in [0, 0.1) is 5.92 Å². The van der Waals surface area contributed by atoms with Crippen molar-refractivity contribution in [3.05, 3.63) is 64.2 Å². The molecule has 0 saturated carbocycles. The van der Waals surface area contributed by atoms with Crippen LogP contribution in [-0.2, 0) is 17.6 Å². The molecular formula is C20H20ClNO2. The van der Waals surface area contributed by atoms with E-state index in [2.05, 4.69) is 24.3 Å². The second-order valence-electron chi connectivity index (χ2n) is 6.71. The zero-order valence-electron chi connectivity index (χ0n) is 13.4. The molecule has 1 heterocycles. The number of likely N-dealkylation sites (tertiary alicyclic amines) is 1. The summed E-state index contributed by atoms with van der Waals surface area (Å²) < 4.78 is 0. The number of nitrogens with zero attached hydrogens (tertiary/aromatic N) is 1. The topological polar surface area (TPSA) is 40.5 Å². The number of carbonyl (C=O) groups excluding carboxylic acids is 1. The molecule has 124 valence electrons. The minimum atomic E-state index is -0.0939. The maximum atomic E-state index is 12.9. The normalized spacial score (nSPS) is 22.9. The standard InChI is InChI=1S/C20H20ClNO2/c21-17-6-3-7-19(23)16(17)12-14-10-11-22(20(14)24)18-9-8-13-4-1-2-5-15(13)18/h1-7,14,18,23H,8-12H2/t14?,18-/m0/s1. The minimum Gasteiger partial charge on any atom is -0.508 e. The van der Waals surface area contributed by atoms with Crippen LogP contribution in [0.5, 0.6) is 5.75 Å². The van der Waals surface area contributed by atoms with Crippen molar-refractivity contribution in [2.24, 2.45) is 5.92 Å². The first kappa shape index (κ1) is 15.5. The van der Waals surface area contributed by atoms with Crippen LogP contribution in [0.3, 0.4) is 0 Å². The highest BCUT2D eigenvalue weighted by atomic mass is 35.5. The number of aromatic hydroxyl groups is 1. The van der Waals surface area contributed by atoms with E-state index >= 15 is 0 Å². The van der Waals surface area contributed by atoms with Gasteiger partial charge in [0.05, 0.1) is 6.04 Å². The largest absolute Gasteiger partial charge is 0.508 e. The zero-order chi connectivity index (χ0) is 16.7. The summed E-state index contributed by atoms with van der Waals surface area (Å²) in [5.74, 6) is 0.277. The van der Waals surface area contributed by atoms with E-state index in [9.17, 15) is 9.90 Å². The Bertz CT molecular complexity index is 769. The number of carbonyl (C=O) groups is 1. The van der Waals surface area contributed by atoms with Gasteiger partial charge in [0.2, 0.25) is 5.91 Å². The molecular weight excluding hydrogens is 322 g/mol. The molecule has 1 aliphatic carbocycles. The fourth-order valence-electron chi connectivity index (χ4n) is 4.12. The molecule has 0 aromatic heterocycles. The third kappa shape index (κ3) is 2.57. The summed E-state index contributed by atoms with van der Waals surface area (Å²) in [4.78, 5) is 15.0. The van der Waals surface area contributed by atoms with Gasteiger partial charge in [-0.1, -0.05) is 41.9 Å². The average molecular weight is 342 g/mol. The van der Waals surface area contributed by atoms with Crippen LogP contribution in [0.15, 0.2) is 42.5 Å². The summed E-state index contributed by atoms with van der Waals surface area (Å²) >= 11 is 6.20. The maximum absolute atomic E-state index is 12.9. The lowest BCUT2D eigenvalue weighted by Gasteiger charge is -2.25. The highest BCUT2D eigenvalue weighted by molar-refractivity contribution is 6.31. The van der Waals surface area contributed by atoms with Gasteiger partial charge in [0.1, 0.15) is 5.75 Å². The van der Waals surface area contributed by atoms with Crippen LogP contribution in [0.2, 0.25) is 5.02 Å². The van der Waals surface area contributed by atoms with Crippen LogP contribution < -0.4 is 0 Å². The van der Waals surface area contributed by atoms with Crippen LogP contribution >= 0.6 is 11.6 Å². The number of phenolic OH excluding ortho intramolecular Hbond substituents is 1. The molecule has 2 aliphatic rings. The van der Waals surface area contributed by atoms with Crippen molar-refractivity contribution < 1.29 is 9.90 Å². The lowest BCUT2D eigenvalue weighted by atomic mass is 9.97. The molecule has 0 radical (unpaired) electrons. The van der Waals surface area contributed by atoms with Crippen LogP contribution in [-0.4, -0.2) is 22.5 Å². The highest BCUT2D eigenvalue weighted by Gasteiger charge is 2.39. The van der Waals surface area contributed by atoms with E-state index in [0.29, 0.717) is 17.0 Å². The number of fused-ring (bicyclic) bond motifs is 1. The molecule has 1 saturated heterocycles. The summed E-state index contributed by atoms with van der Waals surface area (Å²) in [6.45, 7) is 0.785. The Morgan fingerprint density at radius 2 is 1.96 bits per heavy atom. The van der Waals surface area contributed by atoms with Crippen LogP contribution in [0.1, 0.15) is 35.6 Å². The third-order valence-corrected chi connectivity index (χ3v) is 5.73. The Balaban J connectivity index is 1.53. The molecule has 1 unspecified atom stereocenters. The zero-order valence-corrected chi connectivity index (χ0v) is 14.2. The Hall–Kier alpha value is -2.00. The maximum Gasteiger partial charge on any atom is 0.226 e. The Morgan fingerprint density at radius 1 is 1.12 bits per heavy atom. The van der Waals surface area contributed by atoms with Gasteiger partial charge in [-0.15, -0.1) is 0 Å². The monoisotopic (exact) mass is 341 g/mol. The summed E-state index contributed by atoms with van der Waals surface area (Å²) in [6.07, 6.45) is 3.38. The number of hydrogen-bond acceptors (Lipinski definition) is 2. The predicted molar refractivity (Wildman–Crippen MR) is 94.1 cm³/mol. The smallest absolute Gasteiger partial charge is 0.226 e. The van der Waals surface area contributed by atoms with Crippen LogP contribution in [0.25, 0.3) is 0 Å². The first-order chi connectivity index (χ1) is 11.6. The number of amides is 1. The van der Waals surface area contributed by atoms with Crippen molar-refractivity contribution in [1.29, 1.82) is 0 Å². The van der Waals surface area contributed by atoms with Crippen LogP contribution in [0.4, 0.5) is 0 Å². The van der Waals surface area contributed by atoms with Gasteiger partial charge in [0.25, 0.3) is 0 Å². The summed E-state index contributed by atoms with van der Waals surface area (Å²) in [5.41, 5.74) is 3.35. The van der Waals surface area contributed by atoms with E-state index in [4.69, 9.17) is 11.6 Å². The molecule has 1 fully saturated rings. The third-order valence-electron chi connectivity index (χ3n) is 5.37. The Morgan fingerprint density at radius 3 is 2.79 bits per heavy atom. The molecule has 4 rings (SSSR count). The van der Waals surface area contributed by atoms with Gasteiger partial charge in [0.15, 0.2) is 0 Å². The van der Waals surface area contributed by atoms with E-state index in [1.165, 1.54) is 11.1 Å². The van der Waals surface area contributed by atoms with E-state index < -0.39 is 0 Å². The molecule has 1 aliphatic heterocycles. The SMILES string of the molecule is O=C1C(Cc2c(O)cccc2Cl)CCN1[C@H]1CCc2ccccc21. The minimum absolute atomic E-state index is 0.0939. The Labute approximate surface area is 146 Å². The lowest BCUT2D eigenvalue weighted by molar-refractivity contribution is -0.133. The molecule has 2 aromatic carbocycles. The van der Waals surface area contributed by atoms with E-state index in [1.807, 2.05) is 4.90 Å². The second-order valence-corrected chi connectivity index (χ2v) is 7.12. The number of halogens is 1. The molecule has 24 heavy (non-hydrogen) atoms. The first-order valence-electron chi connectivity index (χ1n) is 8.50. The molecule has 4 heteroatoms. The van der Waals surface area contributed by atoms with Gasteiger partial charge in [-0.05, 0) is 48.9 Å². The predicted octanol–water partition coefficient (Wildman–Crippen LogP) is 4.12. The van der Waals surface area contributed by atoms with E-state index in [0.717, 1.165) is 25.8 Å². The van der Waals surface area contributed by atoms with Crippen molar-refractivity contribution in [2.45, 2.75) is 31.7 Å². The van der Waals surface area contributed by atoms with Gasteiger partial charge >= 0.3 is 0 Å². The van der Waals surface area contributed by atoms with Crippen molar-refractivity contribution in [3.8, 4) is 5.75 Å². The number of rotatable bonds is 3. The van der Waals surface area contributed by atoms with Gasteiger partial charge in [-0.2, -0.15) is 0 Å². The fourth-order valence-corrected chi connectivity index (χ4v) is 4.36. The molecule has 2 atom stereocenters. The molecule has 1 amide bonds. The van der Waals surface area contributed by atoms with Gasteiger partial charge < -0.3 is 10.0 Å². The molecule has 0 spiro atoms. The van der Waals surface area contributed by atoms with Gasteiger partial charge in [-0.25, -0.2) is 0 Å². The van der Waals surface area contributed by atoms with Crippen molar-refractivity contribution >= 4 is 17.5 Å². The fraction of sp³-hybridized carbons (Fsp3) is 0.350. The number of phenols is 1. The Kier molecular flexibility index (Phi) is 3.97. The number of hydrogen-bond donors (Lipinski definition) is 1. The quantitative estimate of drug-likeness (QED) is 0.912. The lowest BCUT2D eigenvalue weighted by Crippen LogP contribution is -2.31. The summed E-state index contributed by atoms with van der Waals surface area (Å²) in [6, 6.07) is 13.8. The summed E-state index contributed by atoms with van der Waals surface area (Å²) in [5, 5.41) is 10.6. The van der Waals surface area contributed by atoms with Gasteiger partial charge in [0, 0.05) is 23.0 Å². The van der Waals surface area contributed by atoms with Gasteiger partial charge in [-0.3, -0.25) is 4.79 Å². The number of benzene rings is 2. The van der Waals surface area contributed by atoms with Crippen molar-refractivity contribution in [3.63, 3.8) is 0 Å². The summed E-state index contributed by atoms with van der Waals surface area (Å²) in [7, 11) is 0. The first-order valence-corrected chi connectivity index (χ1v) is 8.87. The molecule has 0 bridgehead atoms. The van der Waals surface area contributed by atoms with Crippen molar-refractivity contribution in [2.75, 3.05) is 6.54 Å². The number of aryl methyl sites for hydroxylation is 1. The van der Waals surface area contributed by atoms with Crippen molar-refractivity contribution in [1.82, 2.24) is 4.90 Å². The average Bonchev–Trinajstić information content (AvgIpc) is 3.15. The second kappa shape index (κ2) is 6.14.